The van der Waals surface area contributed by atoms with E-state index in [4.69, 9.17) is 4.74 Å². The van der Waals surface area contributed by atoms with Gasteiger partial charge in [-0.15, -0.1) is 0 Å². The highest BCUT2D eigenvalue weighted by atomic mass is 16.5. The van der Waals surface area contributed by atoms with Gasteiger partial charge in [-0.1, -0.05) is 26.7 Å². The number of nitrogens with one attached hydrogen (secondary N) is 1. The fraction of sp³-hybridized carbons (Fsp3) is 0.875. The molecule has 2 aliphatic rings. The van der Waals surface area contributed by atoms with Crippen molar-refractivity contribution in [3.05, 3.63) is 0 Å². The van der Waals surface area contributed by atoms with Gasteiger partial charge in [-0.05, 0) is 24.7 Å². The Bertz CT molecular complexity index is 400. The fourth-order valence-corrected chi connectivity index (χ4v) is 3.47. The molecule has 1 aliphatic carbocycles. The summed E-state index contributed by atoms with van der Waals surface area (Å²) in [5.41, 5.74) is -0.621. The summed E-state index contributed by atoms with van der Waals surface area (Å²) in [4.78, 5) is 26.8. The van der Waals surface area contributed by atoms with Crippen molar-refractivity contribution >= 4 is 11.8 Å². The van der Waals surface area contributed by atoms with Crippen molar-refractivity contribution in [3.63, 3.8) is 0 Å². The molecular weight excluding hydrogens is 268 g/mol. The summed E-state index contributed by atoms with van der Waals surface area (Å²) in [7, 11) is 1.70. The highest BCUT2D eigenvalue weighted by molar-refractivity contribution is 5.93. The van der Waals surface area contributed by atoms with E-state index in [1.165, 1.54) is 0 Å². The van der Waals surface area contributed by atoms with Crippen LogP contribution in [0.25, 0.3) is 0 Å². The second-order valence-electron chi connectivity index (χ2n) is 7.22. The van der Waals surface area contributed by atoms with Gasteiger partial charge < -0.3 is 15.0 Å². The summed E-state index contributed by atoms with van der Waals surface area (Å²) in [6.45, 7) is 6.22. The number of hydrogen-bond acceptors (Lipinski definition) is 3. The van der Waals surface area contributed by atoms with E-state index in [2.05, 4.69) is 19.2 Å². The lowest BCUT2D eigenvalue weighted by Crippen LogP contribution is -2.56. The quantitative estimate of drug-likeness (QED) is 0.840. The smallest absolute Gasteiger partial charge is 0.248 e. The lowest BCUT2D eigenvalue weighted by Gasteiger charge is -2.36. The van der Waals surface area contributed by atoms with Crippen molar-refractivity contribution in [2.75, 3.05) is 26.8 Å². The summed E-state index contributed by atoms with van der Waals surface area (Å²) in [6.07, 6.45) is 4.93. The summed E-state index contributed by atoms with van der Waals surface area (Å²) in [5.74, 6) is 0.138. The number of nitrogens with zero attached hydrogens (tertiary/aromatic N) is 1. The Kier molecular flexibility index (Phi) is 4.91. The van der Waals surface area contributed by atoms with E-state index in [1.807, 2.05) is 4.90 Å². The first kappa shape index (κ1) is 16.3. The van der Waals surface area contributed by atoms with Crippen molar-refractivity contribution in [2.24, 2.45) is 5.41 Å². The van der Waals surface area contributed by atoms with E-state index in [1.54, 1.807) is 7.11 Å². The van der Waals surface area contributed by atoms with E-state index < -0.39 is 5.54 Å². The number of amides is 2. The van der Waals surface area contributed by atoms with Crippen LogP contribution in [-0.4, -0.2) is 49.1 Å². The van der Waals surface area contributed by atoms with Crippen LogP contribution in [0, 0.1) is 5.41 Å². The molecule has 120 valence electrons. The standard InChI is InChI=1S/C16H28N2O3/c1-15(2,9-11-21-3)12-18-10-6-13(19)17-16(14(18)20)7-4-5-8-16/h4-12H2,1-3H3,(H,17,19). The van der Waals surface area contributed by atoms with Gasteiger partial charge in [0.15, 0.2) is 0 Å². The molecule has 0 aromatic rings. The molecule has 21 heavy (non-hydrogen) atoms. The van der Waals surface area contributed by atoms with Crippen molar-refractivity contribution in [2.45, 2.75) is 57.9 Å². The van der Waals surface area contributed by atoms with E-state index >= 15 is 0 Å². The van der Waals surface area contributed by atoms with Crippen LogP contribution in [0.4, 0.5) is 0 Å². The third-order valence-electron chi connectivity index (χ3n) is 4.74. The molecule has 2 fully saturated rings. The molecule has 1 aliphatic heterocycles. The van der Waals surface area contributed by atoms with E-state index in [-0.39, 0.29) is 17.2 Å². The van der Waals surface area contributed by atoms with Crippen LogP contribution in [0.1, 0.15) is 52.4 Å². The monoisotopic (exact) mass is 296 g/mol. The minimum atomic E-state index is -0.620. The topological polar surface area (TPSA) is 58.6 Å². The third kappa shape index (κ3) is 3.76. The van der Waals surface area contributed by atoms with Gasteiger partial charge in [0, 0.05) is 33.2 Å². The van der Waals surface area contributed by atoms with Gasteiger partial charge in [-0.3, -0.25) is 9.59 Å². The first-order chi connectivity index (χ1) is 9.88. The van der Waals surface area contributed by atoms with Gasteiger partial charge >= 0.3 is 0 Å². The fourth-order valence-electron chi connectivity index (χ4n) is 3.47. The number of hydrogen-bond donors (Lipinski definition) is 1. The molecule has 2 amide bonds. The SMILES string of the molecule is COCCC(C)(C)CN1CCC(=O)NC2(CCCC2)C1=O. The zero-order chi connectivity index (χ0) is 15.5. The zero-order valence-electron chi connectivity index (χ0n) is 13.5. The molecule has 1 N–H and O–H groups in total. The molecule has 5 nitrogen and oxygen atoms in total. The molecule has 1 saturated carbocycles. The van der Waals surface area contributed by atoms with Crippen molar-refractivity contribution < 1.29 is 14.3 Å². The average molecular weight is 296 g/mol. The third-order valence-corrected chi connectivity index (χ3v) is 4.74. The largest absolute Gasteiger partial charge is 0.385 e. The van der Waals surface area contributed by atoms with Crippen molar-refractivity contribution in [1.29, 1.82) is 0 Å². The van der Waals surface area contributed by atoms with Crippen molar-refractivity contribution in [1.82, 2.24) is 10.2 Å². The Morgan fingerprint density at radius 2 is 1.95 bits per heavy atom. The van der Waals surface area contributed by atoms with E-state index in [9.17, 15) is 9.59 Å². The van der Waals surface area contributed by atoms with E-state index in [0.717, 1.165) is 32.1 Å². The number of ether oxygens (including phenoxy) is 1. The van der Waals surface area contributed by atoms with Crippen LogP contribution >= 0.6 is 0 Å². The maximum Gasteiger partial charge on any atom is 0.248 e. The molecule has 0 atom stereocenters. The van der Waals surface area contributed by atoms with Crippen LogP contribution in [-0.2, 0) is 14.3 Å². The van der Waals surface area contributed by atoms with Crippen LogP contribution in [0.5, 0.6) is 0 Å². The first-order valence-electron chi connectivity index (χ1n) is 7.98. The second-order valence-corrected chi connectivity index (χ2v) is 7.22. The van der Waals surface area contributed by atoms with Gasteiger partial charge in [0.25, 0.3) is 0 Å². The highest BCUT2D eigenvalue weighted by Gasteiger charge is 2.47. The molecule has 0 aromatic heterocycles. The molecule has 2 rings (SSSR count). The van der Waals surface area contributed by atoms with Gasteiger partial charge in [0.2, 0.25) is 11.8 Å². The average Bonchev–Trinajstić information content (AvgIpc) is 2.86. The number of carbonyl (C=O) groups excluding carboxylic acids is 2. The minimum absolute atomic E-state index is 0.00114. The molecule has 0 bridgehead atoms. The molecule has 1 saturated heterocycles. The zero-order valence-corrected chi connectivity index (χ0v) is 13.5. The molecule has 0 aromatic carbocycles. The maximum atomic E-state index is 12.9. The Morgan fingerprint density at radius 3 is 2.57 bits per heavy atom. The number of methoxy groups -OCH3 is 1. The van der Waals surface area contributed by atoms with Gasteiger partial charge in [0.05, 0.1) is 0 Å². The van der Waals surface area contributed by atoms with Crippen LogP contribution in [0.3, 0.4) is 0 Å². The lowest BCUT2D eigenvalue weighted by molar-refractivity contribution is -0.140. The minimum Gasteiger partial charge on any atom is -0.385 e. The van der Waals surface area contributed by atoms with Gasteiger partial charge in [-0.2, -0.15) is 0 Å². The Balaban J connectivity index is 2.11. The molecular formula is C16H28N2O3. The number of carbonyl (C=O) groups is 2. The molecule has 0 radical (unpaired) electrons. The summed E-state index contributed by atoms with van der Waals surface area (Å²) < 4.78 is 5.16. The maximum absolute atomic E-state index is 12.9. The number of rotatable bonds is 5. The van der Waals surface area contributed by atoms with Gasteiger partial charge in [0.1, 0.15) is 5.54 Å². The highest BCUT2D eigenvalue weighted by Crippen LogP contribution is 2.34. The lowest BCUT2D eigenvalue weighted by atomic mass is 9.87. The Hall–Kier alpha value is -1.10. The van der Waals surface area contributed by atoms with Gasteiger partial charge in [-0.25, -0.2) is 0 Å². The summed E-state index contributed by atoms with van der Waals surface area (Å²) >= 11 is 0. The molecule has 1 spiro atoms. The van der Waals surface area contributed by atoms with Crippen LogP contribution < -0.4 is 5.32 Å². The Morgan fingerprint density at radius 1 is 1.29 bits per heavy atom. The predicted molar refractivity (Wildman–Crippen MR) is 80.8 cm³/mol. The molecule has 5 heteroatoms. The van der Waals surface area contributed by atoms with E-state index in [0.29, 0.717) is 26.1 Å². The molecule has 0 unspecified atom stereocenters. The van der Waals surface area contributed by atoms with Crippen molar-refractivity contribution in [3.8, 4) is 0 Å². The summed E-state index contributed by atoms with van der Waals surface area (Å²) in [5, 5.41) is 3.01. The first-order valence-corrected chi connectivity index (χ1v) is 7.98. The molecule has 1 heterocycles. The summed E-state index contributed by atoms with van der Waals surface area (Å²) in [6, 6.07) is 0. The van der Waals surface area contributed by atoms with Crippen LogP contribution in [0.15, 0.2) is 0 Å². The Labute approximate surface area is 127 Å². The van der Waals surface area contributed by atoms with Crippen LogP contribution in [0.2, 0.25) is 0 Å². The second kappa shape index (κ2) is 6.34. The predicted octanol–water partition coefficient (Wildman–Crippen LogP) is 1.71. The normalized spacial score (nSPS) is 22.5.